The van der Waals surface area contributed by atoms with Gasteiger partial charge in [0, 0.05) is 17.9 Å². The van der Waals surface area contributed by atoms with Gasteiger partial charge in [0.1, 0.15) is 12.6 Å². The maximum Gasteiger partial charge on any atom is 0.410 e. The Balaban J connectivity index is 1.34. The zero-order valence-corrected chi connectivity index (χ0v) is 19.2. The van der Waals surface area contributed by atoms with Gasteiger partial charge in [-0.25, -0.2) is 13.2 Å². The molecule has 0 radical (unpaired) electrons. The first-order valence-corrected chi connectivity index (χ1v) is 12.4. The van der Waals surface area contributed by atoms with Crippen LogP contribution in [0.1, 0.15) is 18.4 Å². The number of amides is 2. The van der Waals surface area contributed by atoms with Crippen LogP contribution in [-0.2, 0) is 26.2 Å². The van der Waals surface area contributed by atoms with E-state index in [-0.39, 0.29) is 17.4 Å². The summed E-state index contributed by atoms with van der Waals surface area (Å²) >= 11 is 0. The standard InChI is InChI=1S/C25H25N3O5S/c29-24(23-12-7-17-28(23)25(30)33-18-19-8-3-1-4-9-19)26-20-13-15-21(16-14-20)27-34(31,32)22-10-5-2-6-11-22/h1-6,8-11,13-16,23,27H,7,12,17-18H2,(H,26,29)/t23-/m0/s1. The summed E-state index contributed by atoms with van der Waals surface area (Å²) in [5, 5.41) is 2.80. The SMILES string of the molecule is O=C(Nc1ccc(NS(=O)(=O)c2ccccc2)cc1)[C@@H]1CCCN1C(=O)OCc1ccccc1. The third kappa shape index (κ3) is 5.74. The van der Waals surface area contributed by atoms with E-state index in [1.54, 1.807) is 42.5 Å². The van der Waals surface area contributed by atoms with Crippen LogP contribution in [0.15, 0.2) is 89.8 Å². The molecule has 0 aliphatic carbocycles. The average molecular weight is 480 g/mol. The summed E-state index contributed by atoms with van der Waals surface area (Å²) in [6.45, 7) is 0.594. The van der Waals surface area contributed by atoms with Crippen molar-refractivity contribution in [2.45, 2.75) is 30.4 Å². The van der Waals surface area contributed by atoms with Gasteiger partial charge >= 0.3 is 6.09 Å². The highest BCUT2D eigenvalue weighted by Gasteiger charge is 2.35. The van der Waals surface area contributed by atoms with Crippen LogP contribution in [-0.4, -0.2) is 37.9 Å². The molecule has 3 aromatic rings. The molecule has 1 saturated heterocycles. The molecule has 4 rings (SSSR count). The van der Waals surface area contributed by atoms with E-state index >= 15 is 0 Å². The zero-order chi connectivity index (χ0) is 24.0. The lowest BCUT2D eigenvalue weighted by atomic mass is 10.2. The summed E-state index contributed by atoms with van der Waals surface area (Å²) in [6.07, 6.45) is 0.729. The molecule has 8 nitrogen and oxygen atoms in total. The number of carbonyl (C=O) groups excluding carboxylic acids is 2. The summed E-state index contributed by atoms with van der Waals surface area (Å²) < 4.78 is 32.8. The van der Waals surface area contributed by atoms with Crippen LogP contribution in [0.4, 0.5) is 16.2 Å². The first-order valence-electron chi connectivity index (χ1n) is 10.9. The Bertz CT molecular complexity index is 1230. The largest absolute Gasteiger partial charge is 0.445 e. The second-order valence-electron chi connectivity index (χ2n) is 7.88. The van der Waals surface area contributed by atoms with Crippen molar-refractivity contribution in [1.82, 2.24) is 4.90 Å². The molecule has 1 aliphatic heterocycles. The Hall–Kier alpha value is -3.85. The number of carbonyl (C=O) groups is 2. The van der Waals surface area contributed by atoms with Crippen molar-refractivity contribution < 1.29 is 22.7 Å². The van der Waals surface area contributed by atoms with Gasteiger partial charge in [0.2, 0.25) is 5.91 Å². The minimum Gasteiger partial charge on any atom is -0.445 e. The molecule has 9 heteroatoms. The Kier molecular flexibility index (Phi) is 7.12. The van der Waals surface area contributed by atoms with Crippen molar-refractivity contribution in [1.29, 1.82) is 0 Å². The number of nitrogens with zero attached hydrogens (tertiary/aromatic N) is 1. The quantitative estimate of drug-likeness (QED) is 0.528. The average Bonchev–Trinajstić information content (AvgIpc) is 3.35. The van der Waals surface area contributed by atoms with Gasteiger partial charge in [0.25, 0.3) is 10.0 Å². The Labute approximate surface area is 198 Å². The molecule has 1 aliphatic rings. The van der Waals surface area contributed by atoms with E-state index < -0.39 is 22.2 Å². The van der Waals surface area contributed by atoms with Crippen LogP contribution in [0.25, 0.3) is 0 Å². The first kappa shape index (κ1) is 23.3. The zero-order valence-electron chi connectivity index (χ0n) is 18.4. The monoisotopic (exact) mass is 479 g/mol. The van der Waals surface area contributed by atoms with E-state index in [2.05, 4.69) is 10.0 Å². The minimum absolute atomic E-state index is 0.144. The minimum atomic E-state index is -3.70. The van der Waals surface area contributed by atoms with E-state index in [0.29, 0.717) is 30.8 Å². The van der Waals surface area contributed by atoms with Gasteiger partial charge in [-0.2, -0.15) is 0 Å². The lowest BCUT2D eigenvalue weighted by Gasteiger charge is -2.23. The van der Waals surface area contributed by atoms with Crippen molar-refractivity contribution in [3.63, 3.8) is 0 Å². The van der Waals surface area contributed by atoms with E-state index in [4.69, 9.17) is 4.74 Å². The highest BCUT2D eigenvalue weighted by atomic mass is 32.2. The Morgan fingerprint density at radius 1 is 0.882 bits per heavy atom. The van der Waals surface area contributed by atoms with Crippen molar-refractivity contribution in [3.8, 4) is 0 Å². The predicted molar refractivity (Wildman–Crippen MR) is 129 cm³/mol. The van der Waals surface area contributed by atoms with Gasteiger partial charge in [-0.05, 0) is 54.8 Å². The maximum absolute atomic E-state index is 12.8. The number of anilines is 2. The molecule has 34 heavy (non-hydrogen) atoms. The summed E-state index contributed by atoms with van der Waals surface area (Å²) in [5.41, 5.74) is 1.74. The molecule has 1 atom stereocenters. The van der Waals surface area contributed by atoms with Crippen molar-refractivity contribution in [2.75, 3.05) is 16.6 Å². The second-order valence-corrected chi connectivity index (χ2v) is 9.56. The molecule has 1 heterocycles. The summed E-state index contributed by atoms with van der Waals surface area (Å²) in [4.78, 5) is 27.0. The predicted octanol–water partition coefficient (Wildman–Crippen LogP) is 4.23. The van der Waals surface area contributed by atoms with Crippen LogP contribution in [0.3, 0.4) is 0 Å². The van der Waals surface area contributed by atoms with Crippen LogP contribution < -0.4 is 10.0 Å². The first-order chi connectivity index (χ1) is 16.4. The number of likely N-dealkylation sites (tertiary alicyclic amines) is 1. The number of sulfonamides is 1. The van der Waals surface area contributed by atoms with Crippen molar-refractivity contribution >= 4 is 33.4 Å². The van der Waals surface area contributed by atoms with Crippen LogP contribution in [0.5, 0.6) is 0 Å². The van der Waals surface area contributed by atoms with E-state index in [1.165, 1.54) is 17.0 Å². The molecule has 1 fully saturated rings. The second kappa shape index (κ2) is 10.4. The maximum atomic E-state index is 12.8. The van der Waals surface area contributed by atoms with Crippen LogP contribution in [0, 0.1) is 0 Å². The molecular weight excluding hydrogens is 454 g/mol. The lowest BCUT2D eigenvalue weighted by molar-refractivity contribution is -0.120. The molecule has 0 saturated carbocycles. The molecule has 2 N–H and O–H groups in total. The van der Waals surface area contributed by atoms with Crippen molar-refractivity contribution in [2.24, 2.45) is 0 Å². The normalized spacial score (nSPS) is 15.5. The van der Waals surface area contributed by atoms with Gasteiger partial charge in [0.05, 0.1) is 4.90 Å². The number of hydrogen-bond acceptors (Lipinski definition) is 5. The van der Waals surface area contributed by atoms with Gasteiger partial charge < -0.3 is 10.1 Å². The fraction of sp³-hybridized carbons (Fsp3) is 0.200. The van der Waals surface area contributed by atoms with Crippen LogP contribution in [0.2, 0.25) is 0 Å². The van der Waals surface area contributed by atoms with Gasteiger partial charge in [-0.3, -0.25) is 14.4 Å². The molecule has 2 amide bonds. The van der Waals surface area contributed by atoms with Gasteiger partial charge in [-0.15, -0.1) is 0 Å². The fourth-order valence-corrected chi connectivity index (χ4v) is 4.80. The third-order valence-corrected chi connectivity index (χ3v) is 6.85. The molecule has 176 valence electrons. The highest BCUT2D eigenvalue weighted by molar-refractivity contribution is 7.92. The van der Waals surface area contributed by atoms with E-state index in [0.717, 1.165) is 5.56 Å². The summed E-state index contributed by atoms with van der Waals surface area (Å²) in [5.74, 6) is -0.313. The molecule has 0 unspecified atom stereocenters. The molecule has 0 bridgehead atoms. The van der Waals surface area contributed by atoms with Crippen molar-refractivity contribution in [3.05, 3.63) is 90.5 Å². The molecule has 0 aromatic heterocycles. The van der Waals surface area contributed by atoms with Gasteiger partial charge in [0.15, 0.2) is 0 Å². The summed E-state index contributed by atoms with van der Waals surface area (Å²) in [6, 6.07) is 23.1. The number of nitrogens with one attached hydrogen (secondary N) is 2. The molecule has 3 aromatic carbocycles. The number of rotatable bonds is 7. The number of benzene rings is 3. The van der Waals surface area contributed by atoms with Crippen LogP contribution >= 0.6 is 0 Å². The summed E-state index contributed by atoms with van der Waals surface area (Å²) in [7, 11) is -3.70. The lowest BCUT2D eigenvalue weighted by Crippen LogP contribution is -2.43. The van der Waals surface area contributed by atoms with E-state index in [1.807, 2.05) is 30.3 Å². The van der Waals surface area contributed by atoms with E-state index in [9.17, 15) is 18.0 Å². The fourth-order valence-electron chi connectivity index (χ4n) is 3.72. The third-order valence-electron chi connectivity index (χ3n) is 5.45. The Morgan fingerprint density at radius 3 is 2.18 bits per heavy atom. The molecular formula is C25H25N3O5S. The molecule has 0 spiro atoms. The van der Waals surface area contributed by atoms with Gasteiger partial charge in [-0.1, -0.05) is 48.5 Å². The highest BCUT2D eigenvalue weighted by Crippen LogP contribution is 2.22. The Morgan fingerprint density at radius 2 is 1.50 bits per heavy atom. The topological polar surface area (TPSA) is 105 Å². The number of hydrogen-bond donors (Lipinski definition) is 2. The smallest absolute Gasteiger partial charge is 0.410 e. The number of ether oxygens (including phenoxy) is 1.